The normalized spacial score (nSPS) is 12.8. The Morgan fingerprint density at radius 2 is 1.59 bits per heavy atom. The molecule has 144 valence electrons. The van der Waals surface area contributed by atoms with Gasteiger partial charge in [0.15, 0.2) is 0 Å². The lowest BCUT2D eigenvalue weighted by Crippen LogP contribution is -2.09. The molecular formula is C25H22ClN3. The van der Waals surface area contributed by atoms with Gasteiger partial charge in [-0.3, -0.25) is 0 Å². The summed E-state index contributed by atoms with van der Waals surface area (Å²) in [5, 5.41) is 9.42. The summed E-state index contributed by atoms with van der Waals surface area (Å²) in [7, 11) is 0. The Balaban J connectivity index is 1.71. The maximum absolute atomic E-state index is 6.41. The number of nitrogens with one attached hydrogen (secondary N) is 1. The van der Waals surface area contributed by atoms with Crippen molar-refractivity contribution in [1.29, 1.82) is 0 Å². The van der Waals surface area contributed by atoms with Gasteiger partial charge in [-0.15, -0.1) is 0 Å². The van der Waals surface area contributed by atoms with Crippen LogP contribution in [0, 0.1) is 6.92 Å². The molecule has 2 heterocycles. The van der Waals surface area contributed by atoms with E-state index in [9.17, 15) is 0 Å². The second-order valence-corrected chi connectivity index (χ2v) is 7.90. The van der Waals surface area contributed by atoms with Crippen LogP contribution in [-0.2, 0) is 6.42 Å². The van der Waals surface area contributed by atoms with Crippen LogP contribution in [0.15, 0.2) is 78.9 Å². The molecule has 0 spiro atoms. The molecule has 1 N–H and O–H groups in total. The summed E-state index contributed by atoms with van der Waals surface area (Å²) in [6, 6.07) is 27.4. The fourth-order valence-electron chi connectivity index (χ4n) is 4.13. The number of benzene rings is 3. The van der Waals surface area contributed by atoms with Crippen molar-refractivity contribution >= 4 is 17.4 Å². The zero-order valence-corrected chi connectivity index (χ0v) is 17.0. The second-order valence-electron chi connectivity index (χ2n) is 7.49. The first-order chi connectivity index (χ1) is 14.2. The van der Waals surface area contributed by atoms with E-state index in [1.165, 1.54) is 16.7 Å². The molecule has 0 fully saturated rings. The number of nitrogens with zero attached hydrogens (tertiary/aromatic N) is 2. The molecule has 0 saturated heterocycles. The minimum absolute atomic E-state index is 0.0909. The summed E-state index contributed by atoms with van der Waals surface area (Å²) >= 11 is 6.41. The van der Waals surface area contributed by atoms with E-state index in [-0.39, 0.29) is 5.92 Å². The lowest BCUT2D eigenvalue weighted by atomic mass is 9.86. The molecule has 0 aliphatic carbocycles. The number of halogens is 1. The highest BCUT2D eigenvalue weighted by Crippen LogP contribution is 2.39. The second kappa shape index (κ2) is 7.41. The van der Waals surface area contributed by atoms with E-state index in [1.807, 2.05) is 23.7 Å². The number of fused-ring (bicyclic) bond motifs is 1. The summed E-state index contributed by atoms with van der Waals surface area (Å²) < 4.78 is 2.02. The largest absolute Gasteiger partial charge is 0.369 e. The SMILES string of the molecule is Cc1ccc(-n2nc(C(c3ccccc3)c3ccccc3)c3c2NCC3)cc1Cl. The van der Waals surface area contributed by atoms with Gasteiger partial charge in [-0.1, -0.05) is 78.3 Å². The van der Waals surface area contributed by atoms with E-state index >= 15 is 0 Å². The van der Waals surface area contributed by atoms with Crippen LogP contribution in [0.25, 0.3) is 5.69 Å². The molecule has 3 nitrogen and oxygen atoms in total. The summed E-state index contributed by atoms with van der Waals surface area (Å²) in [6.45, 7) is 2.94. The highest BCUT2D eigenvalue weighted by Gasteiger charge is 2.29. The Morgan fingerprint density at radius 3 is 2.21 bits per heavy atom. The summed E-state index contributed by atoms with van der Waals surface area (Å²) in [6.07, 6.45) is 0.973. The third-order valence-electron chi connectivity index (χ3n) is 5.62. The van der Waals surface area contributed by atoms with Crippen LogP contribution in [-0.4, -0.2) is 16.3 Å². The van der Waals surface area contributed by atoms with E-state index in [0.717, 1.165) is 40.8 Å². The van der Waals surface area contributed by atoms with Crippen molar-refractivity contribution in [3.8, 4) is 5.69 Å². The van der Waals surface area contributed by atoms with E-state index < -0.39 is 0 Å². The first-order valence-corrected chi connectivity index (χ1v) is 10.3. The van der Waals surface area contributed by atoms with Crippen molar-refractivity contribution < 1.29 is 0 Å². The van der Waals surface area contributed by atoms with Crippen LogP contribution in [0.3, 0.4) is 0 Å². The average Bonchev–Trinajstić information content (AvgIpc) is 3.36. The number of hydrogen-bond acceptors (Lipinski definition) is 2. The Kier molecular flexibility index (Phi) is 4.61. The summed E-state index contributed by atoms with van der Waals surface area (Å²) in [4.78, 5) is 0. The van der Waals surface area contributed by atoms with Gasteiger partial charge in [-0.25, -0.2) is 4.68 Å². The Labute approximate surface area is 176 Å². The fraction of sp³-hybridized carbons (Fsp3) is 0.160. The van der Waals surface area contributed by atoms with Crippen molar-refractivity contribution in [2.45, 2.75) is 19.3 Å². The molecule has 1 aromatic heterocycles. The van der Waals surface area contributed by atoms with Gasteiger partial charge < -0.3 is 5.32 Å². The van der Waals surface area contributed by atoms with Gasteiger partial charge in [0.1, 0.15) is 5.82 Å². The first kappa shape index (κ1) is 18.0. The van der Waals surface area contributed by atoms with Gasteiger partial charge in [-0.05, 0) is 42.2 Å². The maximum Gasteiger partial charge on any atom is 0.133 e. The van der Waals surface area contributed by atoms with E-state index in [4.69, 9.17) is 16.7 Å². The smallest absolute Gasteiger partial charge is 0.133 e. The van der Waals surface area contributed by atoms with Crippen molar-refractivity contribution in [3.05, 3.63) is 112 Å². The standard InChI is InChI=1S/C25H22ClN3/c1-17-12-13-20(16-22(17)26)29-25-21(14-15-27-25)24(28-29)23(18-8-4-2-5-9-18)19-10-6-3-7-11-19/h2-13,16,23,27H,14-15H2,1H3. The minimum atomic E-state index is 0.0909. The van der Waals surface area contributed by atoms with E-state index in [1.54, 1.807) is 0 Å². The number of hydrogen-bond donors (Lipinski definition) is 1. The average molecular weight is 400 g/mol. The minimum Gasteiger partial charge on any atom is -0.369 e. The maximum atomic E-state index is 6.41. The topological polar surface area (TPSA) is 29.9 Å². The van der Waals surface area contributed by atoms with Gasteiger partial charge in [0.2, 0.25) is 0 Å². The van der Waals surface area contributed by atoms with Crippen LogP contribution >= 0.6 is 11.6 Å². The molecule has 1 aliphatic heterocycles. The van der Waals surface area contributed by atoms with Crippen molar-refractivity contribution in [2.75, 3.05) is 11.9 Å². The highest BCUT2D eigenvalue weighted by atomic mass is 35.5. The predicted octanol–water partition coefficient (Wildman–Crippen LogP) is 5.98. The van der Waals surface area contributed by atoms with Crippen LogP contribution in [0.1, 0.15) is 33.9 Å². The third kappa shape index (κ3) is 3.22. The van der Waals surface area contributed by atoms with Crippen LogP contribution in [0.5, 0.6) is 0 Å². The monoisotopic (exact) mass is 399 g/mol. The van der Waals surface area contributed by atoms with Crippen molar-refractivity contribution in [1.82, 2.24) is 9.78 Å². The van der Waals surface area contributed by atoms with Crippen molar-refractivity contribution in [3.63, 3.8) is 0 Å². The van der Waals surface area contributed by atoms with Crippen molar-refractivity contribution in [2.24, 2.45) is 0 Å². The van der Waals surface area contributed by atoms with Crippen LogP contribution in [0.4, 0.5) is 5.82 Å². The van der Waals surface area contributed by atoms with Crippen LogP contribution < -0.4 is 5.32 Å². The van der Waals surface area contributed by atoms with Gasteiger partial charge in [0, 0.05) is 17.1 Å². The summed E-state index contributed by atoms with van der Waals surface area (Å²) in [5.41, 5.74) is 6.95. The molecule has 1 aliphatic rings. The fourth-order valence-corrected chi connectivity index (χ4v) is 4.31. The van der Waals surface area contributed by atoms with Gasteiger partial charge in [0.05, 0.1) is 17.3 Å². The molecule has 0 radical (unpaired) electrons. The lowest BCUT2D eigenvalue weighted by Gasteiger charge is -2.17. The zero-order chi connectivity index (χ0) is 19.8. The van der Waals surface area contributed by atoms with E-state index in [2.05, 4.69) is 72.0 Å². The first-order valence-electron chi connectivity index (χ1n) is 9.94. The molecule has 0 bridgehead atoms. The molecule has 0 amide bonds. The molecule has 5 rings (SSSR count). The third-order valence-corrected chi connectivity index (χ3v) is 6.03. The molecule has 4 aromatic rings. The number of aryl methyl sites for hydroxylation is 1. The highest BCUT2D eigenvalue weighted by molar-refractivity contribution is 6.31. The molecule has 3 aromatic carbocycles. The van der Waals surface area contributed by atoms with Gasteiger partial charge in [0.25, 0.3) is 0 Å². The number of aromatic nitrogens is 2. The molecule has 0 saturated carbocycles. The Morgan fingerprint density at radius 1 is 0.931 bits per heavy atom. The number of anilines is 1. The Bertz CT molecular complexity index is 1110. The molecule has 4 heteroatoms. The molecular weight excluding hydrogens is 378 g/mol. The van der Waals surface area contributed by atoms with Crippen LogP contribution in [0.2, 0.25) is 5.02 Å². The van der Waals surface area contributed by atoms with Gasteiger partial charge >= 0.3 is 0 Å². The van der Waals surface area contributed by atoms with E-state index in [0.29, 0.717) is 0 Å². The molecule has 29 heavy (non-hydrogen) atoms. The van der Waals surface area contributed by atoms with Gasteiger partial charge in [-0.2, -0.15) is 5.10 Å². The quantitative estimate of drug-likeness (QED) is 0.457. The Hall–Kier alpha value is -3.04. The zero-order valence-electron chi connectivity index (χ0n) is 16.3. The number of rotatable bonds is 4. The molecule has 0 atom stereocenters. The lowest BCUT2D eigenvalue weighted by molar-refractivity contribution is 0.802. The predicted molar refractivity (Wildman–Crippen MR) is 119 cm³/mol. The molecule has 0 unspecified atom stereocenters. The summed E-state index contributed by atoms with van der Waals surface area (Å²) in [5.74, 6) is 1.17.